The van der Waals surface area contributed by atoms with E-state index in [1.54, 1.807) is 0 Å². The normalized spacial score (nSPS) is 14.6. The SMILES string of the molecule is CC(C)C(O)CCI. The summed E-state index contributed by atoms with van der Waals surface area (Å²) in [6, 6.07) is 0. The highest BCUT2D eigenvalue weighted by Crippen LogP contribution is 2.06. The second-order valence-corrected chi connectivity index (χ2v) is 3.37. The highest BCUT2D eigenvalue weighted by Gasteiger charge is 2.05. The zero-order chi connectivity index (χ0) is 6.57. The Kier molecular flexibility index (Phi) is 4.95. The van der Waals surface area contributed by atoms with E-state index < -0.39 is 0 Å². The monoisotopic (exact) mass is 228 g/mol. The smallest absolute Gasteiger partial charge is 0.0570 e. The van der Waals surface area contributed by atoms with Gasteiger partial charge in [-0.05, 0) is 12.3 Å². The van der Waals surface area contributed by atoms with E-state index in [1.165, 1.54) is 0 Å². The lowest BCUT2D eigenvalue weighted by atomic mass is 10.1. The van der Waals surface area contributed by atoms with Gasteiger partial charge in [-0.25, -0.2) is 0 Å². The van der Waals surface area contributed by atoms with Crippen molar-refractivity contribution in [1.82, 2.24) is 0 Å². The number of hydrogen-bond acceptors (Lipinski definition) is 1. The number of aliphatic hydroxyl groups excluding tert-OH is 1. The van der Waals surface area contributed by atoms with E-state index in [4.69, 9.17) is 5.11 Å². The van der Waals surface area contributed by atoms with Crippen molar-refractivity contribution in [2.75, 3.05) is 4.43 Å². The van der Waals surface area contributed by atoms with Gasteiger partial charge in [-0.15, -0.1) is 0 Å². The molecule has 0 aromatic carbocycles. The summed E-state index contributed by atoms with van der Waals surface area (Å²) in [5, 5.41) is 9.12. The van der Waals surface area contributed by atoms with E-state index in [-0.39, 0.29) is 6.10 Å². The summed E-state index contributed by atoms with van der Waals surface area (Å²) in [4.78, 5) is 0. The molecule has 8 heavy (non-hydrogen) atoms. The minimum atomic E-state index is -0.0908. The second-order valence-electron chi connectivity index (χ2n) is 2.29. The first-order valence-corrected chi connectivity index (χ1v) is 4.45. The number of halogens is 1. The minimum Gasteiger partial charge on any atom is -0.393 e. The van der Waals surface area contributed by atoms with Gasteiger partial charge < -0.3 is 5.11 Å². The maximum atomic E-state index is 9.12. The van der Waals surface area contributed by atoms with Gasteiger partial charge in [0, 0.05) is 4.43 Å². The fraction of sp³-hybridized carbons (Fsp3) is 1.00. The number of alkyl halides is 1. The molecule has 50 valence electrons. The van der Waals surface area contributed by atoms with Gasteiger partial charge in [0.25, 0.3) is 0 Å². The van der Waals surface area contributed by atoms with Crippen LogP contribution in [-0.2, 0) is 0 Å². The molecule has 2 heteroatoms. The van der Waals surface area contributed by atoms with Crippen molar-refractivity contribution < 1.29 is 5.11 Å². The zero-order valence-corrected chi connectivity index (χ0v) is 7.55. The van der Waals surface area contributed by atoms with Crippen LogP contribution in [0.4, 0.5) is 0 Å². The summed E-state index contributed by atoms with van der Waals surface area (Å²) in [5.41, 5.74) is 0. The van der Waals surface area contributed by atoms with E-state index in [0.29, 0.717) is 5.92 Å². The summed E-state index contributed by atoms with van der Waals surface area (Å²) in [6.07, 6.45) is 0.838. The van der Waals surface area contributed by atoms with Gasteiger partial charge in [0.15, 0.2) is 0 Å². The molecule has 0 rings (SSSR count). The van der Waals surface area contributed by atoms with E-state index in [0.717, 1.165) is 10.8 Å². The highest BCUT2D eigenvalue weighted by molar-refractivity contribution is 14.1. The summed E-state index contributed by atoms with van der Waals surface area (Å²) in [5.74, 6) is 0.421. The molecular formula is C6H13IO. The first kappa shape index (κ1) is 8.69. The van der Waals surface area contributed by atoms with Crippen LogP contribution >= 0.6 is 22.6 Å². The van der Waals surface area contributed by atoms with Crippen LogP contribution in [0.1, 0.15) is 20.3 Å². The lowest BCUT2D eigenvalue weighted by Gasteiger charge is -2.11. The van der Waals surface area contributed by atoms with Crippen molar-refractivity contribution in [1.29, 1.82) is 0 Å². The fourth-order valence-corrected chi connectivity index (χ4v) is 1.08. The molecule has 1 N–H and O–H groups in total. The molecule has 0 heterocycles. The van der Waals surface area contributed by atoms with Crippen molar-refractivity contribution in [3.63, 3.8) is 0 Å². The van der Waals surface area contributed by atoms with Crippen LogP contribution in [0.5, 0.6) is 0 Å². The molecule has 0 aliphatic heterocycles. The van der Waals surface area contributed by atoms with E-state index >= 15 is 0 Å². The van der Waals surface area contributed by atoms with Crippen LogP contribution in [-0.4, -0.2) is 15.6 Å². The molecule has 0 saturated heterocycles. The molecule has 0 radical (unpaired) electrons. The second kappa shape index (κ2) is 4.56. The molecule has 0 aliphatic carbocycles. The van der Waals surface area contributed by atoms with Gasteiger partial charge in [-0.2, -0.15) is 0 Å². The molecule has 1 atom stereocenters. The third-order valence-electron chi connectivity index (χ3n) is 1.17. The Morgan fingerprint density at radius 2 is 2.00 bits per heavy atom. The number of rotatable bonds is 3. The van der Waals surface area contributed by atoms with Gasteiger partial charge in [-0.3, -0.25) is 0 Å². The van der Waals surface area contributed by atoms with Crippen molar-refractivity contribution in [2.24, 2.45) is 5.92 Å². The Balaban J connectivity index is 3.17. The van der Waals surface area contributed by atoms with Crippen LogP contribution in [0, 0.1) is 5.92 Å². The third kappa shape index (κ3) is 3.66. The largest absolute Gasteiger partial charge is 0.393 e. The topological polar surface area (TPSA) is 20.2 Å². The average molecular weight is 228 g/mol. The molecule has 0 aromatic rings. The van der Waals surface area contributed by atoms with Crippen LogP contribution in [0.25, 0.3) is 0 Å². The van der Waals surface area contributed by atoms with Crippen LogP contribution in [0.3, 0.4) is 0 Å². The van der Waals surface area contributed by atoms with E-state index in [1.807, 2.05) is 13.8 Å². The lowest BCUT2D eigenvalue weighted by Crippen LogP contribution is -2.14. The predicted octanol–water partition coefficient (Wildman–Crippen LogP) is 1.83. The van der Waals surface area contributed by atoms with Gasteiger partial charge in [-0.1, -0.05) is 36.4 Å². The first-order chi connectivity index (χ1) is 3.68. The molecule has 0 saturated carbocycles. The molecule has 0 amide bonds. The van der Waals surface area contributed by atoms with E-state index in [9.17, 15) is 0 Å². The van der Waals surface area contributed by atoms with Crippen molar-refractivity contribution in [2.45, 2.75) is 26.4 Å². The van der Waals surface area contributed by atoms with Crippen LogP contribution in [0.2, 0.25) is 0 Å². The summed E-state index contributed by atoms with van der Waals surface area (Å²) < 4.78 is 1.05. The number of aliphatic hydroxyl groups is 1. The third-order valence-corrected chi connectivity index (χ3v) is 1.80. The van der Waals surface area contributed by atoms with Crippen LogP contribution in [0.15, 0.2) is 0 Å². The molecule has 0 fully saturated rings. The Bertz CT molecular complexity index is 54.5. The number of hydrogen-bond donors (Lipinski definition) is 1. The molecule has 0 spiro atoms. The van der Waals surface area contributed by atoms with Gasteiger partial charge >= 0.3 is 0 Å². The summed E-state index contributed by atoms with van der Waals surface area (Å²) in [7, 11) is 0. The Labute approximate surface area is 64.6 Å². The predicted molar refractivity (Wildman–Crippen MR) is 44.3 cm³/mol. The summed E-state index contributed by atoms with van der Waals surface area (Å²) >= 11 is 2.28. The Hall–Kier alpha value is 0.690. The van der Waals surface area contributed by atoms with Crippen molar-refractivity contribution >= 4 is 22.6 Å². The first-order valence-electron chi connectivity index (χ1n) is 2.92. The maximum absolute atomic E-state index is 9.12. The van der Waals surface area contributed by atoms with Crippen LogP contribution < -0.4 is 0 Å². The molecule has 1 unspecified atom stereocenters. The molecular weight excluding hydrogens is 215 g/mol. The minimum absolute atomic E-state index is 0.0908. The molecule has 0 aliphatic rings. The summed E-state index contributed by atoms with van der Waals surface area (Å²) in [6.45, 7) is 4.08. The van der Waals surface area contributed by atoms with Crippen molar-refractivity contribution in [3.05, 3.63) is 0 Å². The lowest BCUT2D eigenvalue weighted by molar-refractivity contribution is 0.123. The fourth-order valence-electron chi connectivity index (χ4n) is 0.445. The molecule has 0 aromatic heterocycles. The van der Waals surface area contributed by atoms with E-state index in [2.05, 4.69) is 22.6 Å². The van der Waals surface area contributed by atoms with Gasteiger partial charge in [0.1, 0.15) is 0 Å². The maximum Gasteiger partial charge on any atom is 0.0570 e. The quantitative estimate of drug-likeness (QED) is 0.577. The van der Waals surface area contributed by atoms with Gasteiger partial charge in [0.05, 0.1) is 6.10 Å². The Morgan fingerprint density at radius 3 is 2.12 bits per heavy atom. The molecule has 1 nitrogen and oxygen atoms in total. The average Bonchev–Trinajstić information content (AvgIpc) is 1.67. The highest BCUT2D eigenvalue weighted by atomic mass is 127. The van der Waals surface area contributed by atoms with Crippen molar-refractivity contribution in [3.8, 4) is 0 Å². The zero-order valence-electron chi connectivity index (χ0n) is 5.39. The Morgan fingerprint density at radius 1 is 1.50 bits per heavy atom. The van der Waals surface area contributed by atoms with Gasteiger partial charge in [0.2, 0.25) is 0 Å². The molecule has 0 bridgehead atoms. The standard InChI is InChI=1S/C6H13IO/c1-5(2)6(8)3-4-7/h5-6,8H,3-4H2,1-2H3.